The van der Waals surface area contributed by atoms with E-state index in [2.05, 4.69) is 11.8 Å². The lowest BCUT2D eigenvalue weighted by molar-refractivity contribution is -0.229. The number of allylic oxidation sites excluding steroid dienone is 8. The Morgan fingerprint density at radius 3 is 1.53 bits per heavy atom. The van der Waals surface area contributed by atoms with Crippen LogP contribution in [0.25, 0.3) is 0 Å². The number of rotatable bonds is 7. The molecule has 2 aromatic heterocycles. The van der Waals surface area contributed by atoms with Gasteiger partial charge in [0, 0.05) is 45.3 Å². The molecular weight excluding hydrogens is 1000 g/mol. The summed E-state index contributed by atoms with van der Waals surface area (Å²) in [7, 11) is 0. The number of furan rings is 2. The molecule has 0 amide bonds. The van der Waals surface area contributed by atoms with Gasteiger partial charge < -0.3 is 38.7 Å². The minimum atomic E-state index is -2.35. The van der Waals surface area contributed by atoms with Crippen LogP contribution in [0.3, 0.4) is 0 Å². The van der Waals surface area contributed by atoms with Crippen molar-refractivity contribution in [2.45, 2.75) is 127 Å². The number of carboxylic acids is 1. The first-order valence-electron chi connectivity index (χ1n) is 25.1. The van der Waals surface area contributed by atoms with Crippen LogP contribution in [0.1, 0.15) is 101 Å². The van der Waals surface area contributed by atoms with Crippen LogP contribution in [-0.2, 0) is 28.7 Å². The van der Waals surface area contributed by atoms with E-state index in [-0.39, 0.29) is 73.6 Å². The zero-order valence-electron chi connectivity index (χ0n) is 42.2. The Morgan fingerprint density at radius 1 is 0.693 bits per heavy atom. The number of fused-ring (bicyclic) bond motifs is 10. The molecule has 10 rings (SSSR count). The molecule has 0 aromatic carbocycles. The number of hydrogen-bond donors (Lipinski definition) is 4. The molecule has 0 radical (unpaired) electrons. The molecule has 14 nitrogen and oxygen atoms in total. The van der Waals surface area contributed by atoms with Crippen molar-refractivity contribution >= 4 is 46.4 Å². The second-order valence-corrected chi connectivity index (χ2v) is 23.5. The zero-order valence-corrected chi connectivity index (χ0v) is 43.0. The van der Waals surface area contributed by atoms with E-state index in [1.165, 1.54) is 74.9 Å². The fourth-order valence-corrected chi connectivity index (χ4v) is 17.0. The molecule has 6 fully saturated rings. The first kappa shape index (κ1) is 54.2. The minimum Gasteiger partial charge on any atom is -0.478 e. The van der Waals surface area contributed by atoms with Gasteiger partial charge in [-0.15, -0.1) is 0 Å². The van der Waals surface area contributed by atoms with Crippen molar-refractivity contribution in [2.24, 2.45) is 57.2 Å². The number of ketones is 2. The summed E-state index contributed by atoms with van der Waals surface area (Å²) in [4.78, 5) is 77.1. The highest BCUT2D eigenvalue weighted by Gasteiger charge is 2.80. The maximum atomic E-state index is 17.5. The van der Waals surface area contributed by atoms with E-state index < -0.39 is 139 Å². The lowest BCUT2D eigenvalue weighted by atomic mass is 9.44. The van der Waals surface area contributed by atoms with Gasteiger partial charge in [-0.2, -0.15) is 0 Å². The normalized spacial score (nSPS) is 43.8. The molecule has 402 valence electrons. The SMILES string of the molecule is C[C@@H]1CC2C3C[C@H](F)C4=CC(=O)C=C[C@]4(C)[C@@]3(F)[C@@H](O)C[C@]2(C)[C@@]1(OC(=O)c1ccco1)C(=O)O.C[C@@H]1CC2C3C[C@H](F)C4=CC(=O)C=C[C@]4(C)[C@@]3(F)[C@@H](O)C[C@]2(C)[C@@]1(OC(=O)c1ccco1)C(=O)SCC#CCO. The quantitative estimate of drug-likeness (QED) is 0.118. The molecule has 75 heavy (non-hydrogen) atoms. The number of aliphatic hydroxyl groups is 3. The van der Waals surface area contributed by atoms with Gasteiger partial charge in [-0.1, -0.05) is 63.4 Å². The molecule has 8 aliphatic carbocycles. The average molecular weight is 1070 g/mol. The zero-order chi connectivity index (χ0) is 54.6. The van der Waals surface area contributed by atoms with Gasteiger partial charge in [0.15, 0.2) is 28.5 Å². The molecule has 0 spiro atoms. The summed E-state index contributed by atoms with van der Waals surface area (Å²) in [6.45, 7) is 9.25. The summed E-state index contributed by atoms with van der Waals surface area (Å²) in [6, 6.07) is 5.72. The Labute approximate surface area is 434 Å². The van der Waals surface area contributed by atoms with Crippen LogP contribution >= 0.6 is 11.8 Å². The monoisotopic (exact) mass is 1060 g/mol. The molecule has 18 atom stereocenters. The van der Waals surface area contributed by atoms with E-state index in [0.717, 1.165) is 23.9 Å². The van der Waals surface area contributed by atoms with Gasteiger partial charge in [0.2, 0.25) is 22.2 Å². The van der Waals surface area contributed by atoms with E-state index >= 15 is 17.6 Å². The predicted octanol–water partition coefficient (Wildman–Crippen LogP) is 7.82. The first-order valence-corrected chi connectivity index (χ1v) is 26.1. The van der Waals surface area contributed by atoms with Crippen LogP contribution in [0.15, 0.2) is 93.2 Å². The fraction of sp³-hybridized carbons (Fsp3) is 0.571. The molecular formula is C56H60F4O14S. The fourth-order valence-electron chi connectivity index (χ4n) is 16.0. The van der Waals surface area contributed by atoms with Gasteiger partial charge in [0.1, 0.15) is 19.0 Å². The number of halogens is 4. The molecule has 19 heteroatoms. The highest BCUT2D eigenvalue weighted by molar-refractivity contribution is 8.14. The van der Waals surface area contributed by atoms with Crippen molar-refractivity contribution in [3.8, 4) is 11.8 Å². The number of alkyl halides is 4. The number of hydrogen-bond acceptors (Lipinski definition) is 14. The highest BCUT2D eigenvalue weighted by atomic mass is 32.2. The Balaban J connectivity index is 0.000000185. The summed E-state index contributed by atoms with van der Waals surface area (Å²) < 4.78 is 88.1. The van der Waals surface area contributed by atoms with E-state index in [1.807, 2.05) is 0 Å². The van der Waals surface area contributed by atoms with E-state index in [4.69, 9.17) is 23.4 Å². The third-order valence-electron chi connectivity index (χ3n) is 19.4. The van der Waals surface area contributed by atoms with Crippen molar-refractivity contribution < 1.29 is 85.1 Å². The second kappa shape index (κ2) is 18.6. The van der Waals surface area contributed by atoms with Crippen LogP contribution in [-0.4, -0.2) is 114 Å². The van der Waals surface area contributed by atoms with Crippen LogP contribution in [0.5, 0.6) is 0 Å². The Bertz CT molecular complexity index is 2890. The first-order chi connectivity index (χ1) is 35.2. The third-order valence-corrected chi connectivity index (χ3v) is 20.2. The minimum absolute atomic E-state index is 0.00815. The highest BCUT2D eigenvalue weighted by Crippen LogP contribution is 2.74. The lowest BCUT2D eigenvalue weighted by Gasteiger charge is -2.63. The van der Waals surface area contributed by atoms with Crippen molar-refractivity contribution in [1.82, 2.24) is 0 Å². The van der Waals surface area contributed by atoms with Gasteiger partial charge in [-0.25, -0.2) is 31.9 Å². The Hall–Kier alpha value is -5.55. The summed E-state index contributed by atoms with van der Waals surface area (Å²) >= 11 is 0.819. The summed E-state index contributed by atoms with van der Waals surface area (Å²) in [5, 5.41) is 41.9. The van der Waals surface area contributed by atoms with Crippen LogP contribution in [0.2, 0.25) is 0 Å². The molecule has 4 N–H and O–H groups in total. The number of carboxylic acid groups (broad SMARTS) is 1. The smallest absolute Gasteiger partial charge is 0.375 e. The molecule has 0 aliphatic heterocycles. The summed E-state index contributed by atoms with van der Waals surface area (Å²) in [6.07, 6.45) is 2.48. The summed E-state index contributed by atoms with van der Waals surface area (Å²) in [5.74, 6) is -4.09. The van der Waals surface area contributed by atoms with E-state index in [9.17, 15) is 44.1 Å². The van der Waals surface area contributed by atoms with Crippen molar-refractivity contribution in [3.63, 3.8) is 0 Å². The molecule has 2 heterocycles. The van der Waals surface area contributed by atoms with Crippen LogP contribution in [0, 0.1) is 69.0 Å². The number of aliphatic carboxylic acids is 1. The van der Waals surface area contributed by atoms with Gasteiger partial charge >= 0.3 is 17.9 Å². The second-order valence-electron chi connectivity index (χ2n) is 22.6. The van der Waals surface area contributed by atoms with Gasteiger partial charge in [0.05, 0.1) is 30.5 Å². The number of thioether (sulfide) groups is 1. The standard InChI is InChI=1S/C30H32F2O7S.C26H28F2O7/c1-17-13-19-20-15-22(31)21-14-18(34)8-9-27(21,2)29(20,32)24(35)16-28(19,3)30(17,26(37)40-12-5-4-10-33)39-25(36)23-7-6-11-38-23;1-13-9-15-16-11-18(27)17-10-14(29)6-7-23(17,2)25(16,28)20(30)12-24(15,3)26(13,22(32)33)35-21(31)19-5-4-8-34-19/h6-9,11,14,17,19-20,22,24,33,35H,10,12-13,15-16H2,1-3H3;4-8,10,13,15-16,18,20,30H,9,11-12H2,1-3H3,(H,32,33)/t17-,19?,20?,22+,24+,27+,28+,29+,30+;13-,15?,16?,18+,20+,23+,24+,25+,26+/m11/s1. The molecule has 2 aromatic rings. The lowest BCUT2D eigenvalue weighted by Crippen LogP contribution is -2.71. The Kier molecular flexibility index (Phi) is 13.4. The van der Waals surface area contributed by atoms with E-state index in [0.29, 0.717) is 0 Å². The maximum absolute atomic E-state index is 17.5. The molecule has 4 unspecified atom stereocenters. The molecule has 0 saturated heterocycles. The molecule has 0 bridgehead atoms. The van der Waals surface area contributed by atoms with Gasteiger partial charge in [0.25, 0.3) is 0 Å². The van der Waals surface area contributed by atoms with Crippen molar-refractivity contribution in [1.29, 1.82) is 0 Å². The molecule has 6 saturated carbocycles. The number of carbonyl (C=O) groups is 6. The van der Waals surface area contributed by atoms with Crippen molar-refractivity contribution in [3.05, 3.63) is 95.9 Å². The predicted molar refractivity (Wildman–Crippen MR) is 260 cm³/mol. The number of aliphatic hydroxyl groups excluding tert-OH is 3. The summed E-state index contributed by atoms with van der Waals surface area (Å²) in [5.41, 5.74) is -14.4. The van der Waals surface area contributed by atoms with Gasteiger partial charge in [-0.3, -0.25) is 14.4 Å². The van der Waals surface area contributed by atoms with E-state index in [1.54, 1.807) is 27.7 Å². The molecule has 8 aliphatic rings. The average Bonchev–Trinajstić information content (AvgIpc) is 4.17. The topological polar surface area (TPSA) is 228 Å². The number of esters is 2. The number of ether oxygens (including phenoxy) is 2. The largest absolute Gasteiger partial charge is 0.478 e. The third kappa shape index (κ3) is 7.37. The van der Waals surface area contributed by atoms with Gasteiger partial charge in [-0.05, 0) is 124 Å². The maximum Gasteiger partial charge on any atom is 0.375 e. The van der Waals surface area contributed by atoms with Crippen LogP contribution < -0.4 is 0 Å². The van der Waals surface area contributed by atoms with Crippen molar-refractivity contribution in [2.75, 3.05) is 12.4 Å². The van der Waals surface area contributed by atoms with Crippen LogP contribution in [0.4, 0.5) is 17.6 Å². The number of carbonyl (C=O) groups excluding carboxylic acids is 5. The Morgan fingerprint density at radius 2 is 1.12 bits per heavy atom.